The summed E-state index contributed by atoms with van der Waals surface area (Å²) in [7, 11) is 0. The van der Waals surface area contributed by atoms with E-state index in [4.69, 9.17) is 9.47 Å². The normalized spacial score (nSPS) is 20.2. The molecule has 106 valence electrons. The van der Waals surface area contributed by atoms with E-state index in [1.807, 2.05) is 31.2 Å². The first-order valence-corrected chi connectivity index (χ1v) is 7.10. The summed E-state index contributed by atoms with van der Waals surface area (Å²) < 4.78 is 11.2. The van der Waals surface area contributed by atoms with E-state index in [0.29, 0.717) is 12.6 Å². The summed E-state index contributed by atoms with van der Waals surface area (Å²) in [6.07, 6.45) is 0. The lowest BCUT2D eigenvalue weighted by atomic mass is 10.2. The van der Waals surface area contributed by atoms with Crippen LogP contribution in [-0.4, -0.2) is 50.3 Å². The first-order chi connectivity index (χ1) is 9.29. The molecule has 1 aliphatic heterocycles. The van der Waals surface area contributed by atoms with Gasteiger partial charge in [0, 0.05) is 32.2 Å². The van der Waals surface area contributed by atoms with E-state index < -0.39 is 0 Å². The van der Waals surface area contributed by atoms with Crippen molar-refractivity contribution in [2.24, 2.45) is 0 Å². The molecule has 1 aromatic rings. The maximum Gasteiger partial charge on any atom is 0.119 e. The average molecular weight is 264 g/mol. The quantitative estimate of drug-likeness (QED) is 0.849. The highest BCUT2D eigenvalue weighted by Crippen LogP contribution is 2.17. The lowest BCUT2D eigenvalue weighted by Crippen LogP contribution is -2.50. The van der Waals surface area contributed by atoms with Gasteiger partial charge in [0.2, 0.25) is 0 Å². The number of nitrogens with zero attached hydrogens (tertiary/aromatic N) is 1. The molecule has 0 bridgehead atoms. The first kappa shape index (κ1) is 14.2. The summed E-state index contributed by atoms with van der Waals surface area (Å²) in [6.45, 7) is 9.90. The van der Waals surface area contributed by atoms with Crippen molar-refractivity contribution in [1.82, 2.24) is 10.2 Å². The van der Waals surface area contributed by atoms with Gasteiger partial charge < -0.3 is 14.8 Å². The zero-order chi connectivity index (χ0) is 13.5. The van der Waals surface area contributed by atoms with Gasteiger partial charge in [0.25, 0.3) is 0 Å². The zero-order valence-corrected chi connectivity index (χ0v) is 11.9. The number of hydrogen-bond acceptors (Lipinski definition) is 4. The van der Waals surface area contributed by atoms with Crippen LogP contribution in [0.3, 0.4) is 0 Å². The predicted octanol–water partition coefficient (Wildman–Crippen LogP) is 1.76. The van der Waals surface area contributed by atoms with Crippen molar-refractivity contribution in [1.29, 1.82) is 0 Å². The van der Waals surface area contributed by atoms with Gasteiger partial charge in [-0.1, -0.05) is 0 Å². The molecule has 0 unspecified atom stereocenters. The molecule has 1 aromatic carbocycles. The van der Waals surface area contributed by atoms with Crippen LogP contribution in [0, 0.1) is 0 Å². The van der Waals surface area contributed by atoms with Crippen LogP contribution in [0.15, 0.2) is 24.3 Å². The zero-order valence-electron chi connectivity index (χ0n) is 11.9. The molecule has 0 aliphatic carbocycles. The van der Waals surface area contributed by atoms with E-state index in [9.17, 15) is 0 Å². The molecule has 19 heavy (non-hydrogen) atoms. The van der Waals surface area contributed by atoms with Crippen LogP contribution in [0.25, 0.3) is 0 Å². The Morgan fingerprint density at radius 3 is 2.53 bits per heavy atom. The van der Waals surface area contributed by atoms with Gasteiger partial charge in [0.05, 0.1) is 6.61 Å². The Labute approximate surface area is 115 Å². The molecule has 1 atom stereocenters. The van der Waals surface area contributed by atoms with Crippen molar-refractivity contribution >= 4 is 0 Å². The molecule has 4 heteroatoms. The molecule has 0 saturated carbocycles. The van der Waals surface area contributed by atoms with E-state index in [-0.39, 0.29) is 0 Å². The van der Waals surface area contributed by atoms with Crippen LogP contribution in [-0.2, 0) is 0 Å². The lowest BCUT2D eigenvalue weighted by molar-refractivity contribution is 0.143. The maximum atomic E-state index is 5.77. The molecule has 0 radical (unpaired) electrons. The highest BCUT2D eigenvalue weighted by Gasteiger charge is 2.16. The number of hydrogen-bond donors (Lipinski definition) is 1. The molecule has 0 aromatic heterocycles. The third kappa shape index (κ3) is 4.40. The number of benzene rings is 1. The molecule has 0 spiro atoms. The van der Waals surface area contributed by atoms with Crippen molar-refractivity contribution in [3.05, 3.63) is 24.3 Å². The van der Waals surface area contributed by atoms with Gasteiger partial charge in [0.15, 0.2) is 0 Å². The second-order valence-corrected chi connectivity index (χ2v) is 4.84. The highest BCUT2D eigenvalue weighted by atomic mass is 16.5. The monoisotopic (exact) mass is 264 g/mol. The lowest BCUT2D eigenvalue weighted by Gasteiger charge is -2.33. The van der Waals surface area contributed by atoms with Gasteiger partial charge in [0.1, 0.15) is 18.1 Å². The van der Waals surface area contributed by atoms with Crippen LogP contribution in [0.5, 0.6) is 11.5 Å². The van der Waals surface area contributed by atoms with Gasteiger partial charge >= 0.3 is 0 Å². The minimum absolute atomic E-state index is 0.595. The van der Waals surface area contributed by atoms with Crippen molar-refractivity contribution < 1.29 is 9.47 Å². The molecule has 1 heterocycles. The predicted molar refractivity (Wildman–Crippen MR) is 77.0 cm³/mol. The maximum absolute atomic E-state index is 5.77. The number of ether oxygens (including phenoxy) is 2. The van der Waals surface area contributed by atoms with Crippen molar-refractivity contribution in [3.8, 4) is 11.5 Å². The van der Waals surface area contributed by atoms with E-state index in [1.165, 1.54) is 0 Å². The van der Waals surface area contributed by atoms with Gasteiger partial charge in [-0.15, -0.1) is 0 Å². The second kappa shape index (κ2) is 7.36. The topological polar surface area (TPSA) is 33.7 Å². The summed E-state index contributed by atoms with van der Waals surface area (Å²) in [4.78, 5) is 2.46. The average Bonchev–Trinajstić information content (AvgIpc) is 2.43. The molecular formula is C15H24N2O2. The summed E-state index contributed by atoms with van der Waals surface area (Å²) in [6, 6.07) is 8.43. The molecule has 4 nitrogen and oxygen atoms in total. The first-order valence-electron chi connectivity index (χ1n) is 7.10. The van der Waals surface area contributed by atoms with Crippen molar-refractivity contribution in [3.63, 3.8) is 0 Å². The Kier molecular flexibility index (Phi) is 5.48. The number of rotatable bonds is 6. The number of piperazine rings is 1. The third-order valence-corrected chi connectivity index (χ3v) is 3.42. The van der Waals surface area contributed by atoms with Crippen LogP contribution in [0.2, 0.25) is 0 Å². The molecule has 2 rings (SSSR count). The van der Waals surface area contributed by atoms with Crippen molar-refractivity contribution in [2.45, 2.75) is 19.9 Å². The molecular weight excluding hydrogens is 240 g/mol. The van der Waals surface area contributed by atoms with Gasteiger partial charge in [-0.2, -0.15) is 0 Å². The van der Waals surface area contributed by atoms with E-state index in [0.717, 1.165) is 44.3 Å². The fraction of sp³-hybridized carbons (Fsp3) is 0.600. The Bertz CT molecular complexity index is 367. The molecule has 1 fully saturated rings. The summed E-state index contributed by atoms with van der Waals surface area (Å²) in [5.41, 5.74) is 0. The van der Waals surface area contributed by atoms with Gasteiger partial charge in [-0.25, -0.2) is 0 Å². The minimum Gasteiger partial charge on any atom is -0.494 e. The van der Waals surface area contributed by atoms with Crippen LogP contribution >= 0.6 is 0 Å². The Hall–Kier alpha value is -1.26. The Morgan fingerprint density at radius 1 is 1.21 bits per heavy atom. The molecule has 0 amide bonds. The second-order valence-electron chi connectivity index (χ2n) is 4.84. The van der Waals surface area contributed by atoms with E-state index >= 15 is 0 Å². The van der Waals surface area contributed by atoms with Crippen molar-refractivity contribution in [2.75, 3.05) is 39.4 Å². The minimum atomic E-state index is 0.595. The van der Waals surface area contributed by atoms with E-state index in [2.05, 4.69) is 17.1 Å². The van der Waals surface area contributed by atoms with Crippen LogP contribution < -0.4 is 14.8 Å². The smallest absolute Gasteiger partial charge is 0.119 e. The summed E-state index contributed by atoms with van der Waals surface area (Å²) >= 11 is 0. The number of nitrogens with one attached hydrogen (secondary N) is 1. The molecule has 1 N–H and O–H groups in total. The largest absolute Gasteiger partial charge is 0.494 e. The fourth-order valence-corrected chi connectivity index (χ4v) is 2.29. The van der Waals surface area contributed by atoms with Crippen LogP contribution in [0.1, 0.15) is 13.8 Å². The summed E-state index contributed by atoms with van der Waals surface area (Å²) in [5, 5.41) is 3.39. The SMILES string of the molecule is CCOc1ccc(OCCN2CCNC[C@@H]2C)cc1. The molecule has 1 aliphatic rings. The summed E-state index contributed by atoms with van der Waals surface area (Å²) in [5.74, 6) is 1.80. The van der Waals surface area contributed by atoms with Crippen LogP contribution in [0.4, 0.5) is 0 Å². The van der Waals surface area contributed by atoms with Gasteiger partial charge in [-0.05, 0) is 38.1 Å². The van der Waals surface area contributed by atoms with Gasteiger partial charge in [-0.3, -0.25) is 4.90 Å². The molecule has 1 saturated heterocycles. The standard InChI is InChI=1S/C15H24N2O2/c1-3-18-14-4-6-15(7-5-14)19-11-10-17-9-8-16-12-13(17)2/h4-7,13,16H,3,8-12H2,1-2H3/t13-/m0/s1. The van der Waals surface area contributed by atoms with E-state index in [1.54, 1.807) is 0 Å². The third-order valence-electron chi connectivity index (χ3n) is 3.42. The Balaban J connectivity index is 1.72. The fourth-order valence-electron chi connectivity index (χ4n) is 2.29. The Morgan fingerprint density at radius 2 is 1.89 bits per heavy atom. The highest BCUT2D eigenvalue weighted by molar-refractivity contribution is 5.31.